The number of carbonyl (C=O) groups is 2. The molecule has 1 saturated carbocycles. The van der Waals surface area contributed by atoms with Gasteiger partial charge in [-0.15, -0.1) is 0 Å². The van der Waals surface area contributed by atoms with Crippen LogP contribution in [-0.4, -0.2) is 29.6 Å². The van der Waals surface area contributed by atoms with Gasteiger partial charge in [-0.1, -0.05) is 13.8 Å². The Morgan fingerprint density at radius 3 is 2.89 bits per heavy atom. The summed E-state index contributed by atoms with van der Waals surface area (Å²) in [6.07, 6.45) is 1.79. The number of rotatable bonds is 4. The standard InChI is InChI=1S/C20H21N5O3/c1-10(2)17-9-28-20(27)25(17)13-3-11-5-18(23-8-15(11)16(22)6-13)24-19(26)14-4-12(14)7-21/h3,5-6,8,10,12,14,17H,4,9,22H2,1-2H3,(H,23,24,26)/t12-,14+,17-/m1/s1. The van der Waals surface area contributed by atoms with Gasteiger partial charge in [-0.05, 0) is 35.9 Å². The minimum Gasteiger partial charge on any atom is -0.447 e. The number of fused-ring (bicyclic) bond motifs is 1. The fourth-order valence-electron chi connectivity index (χ4n) is 3.55. The minimum atomic E-state index is -0.392. The van der Waals surface area contributed by atoms with Gasteiger partial charge in [-0.25, -0.2) is 9.78 Å². The first kappa shape index (κ1) is 18.0. The summed E-state index contributed by atoms with van der Waals surface area (Å²) in [4.78, 5) is 30.3. The average Bonchev–Trinajstić information content (AvgIpc) is 3.35. The van der Waals surface area contributed by atoms with Gasteiger partial charge < -0.3 is 15.8 Å². The topological polar surface area (TPSA) is 121 Å². The number of nitrogens with zero attached hydrogens (tertiary/aromatic N) is 3. The summed E-state index contributed by atoms with van der Waals surface area (Å²) in [5.41, 5.74) is 7.34. The van der Waals surface area contributed by atoms with Gasteiger partial charge in [0.1, 0.15) is 12.4 Å². The fraction of sp³-hybridized carbons (Fsp3) is 0.400. The molecule has 3 atom stereocenters. The first-order valence-electron chi connectivity index (χ1n) is 9.24. The van der Waals surface area contributed by atoms with Crippen LogP contribution in [0.1, 0.15) is 20.3 Å². The van der Waals surface area contributed by atoms with E-state index in [0.29, 0.717) is 30.2 Å². The lowest BCUT2D eigenvalue weighted by molar-refractivity contribution is -0.117. The normalized spacial score (nSPS) is 23.6. The number of benzene rings is 1. The molecule has 1 aliphatic carbocycles. The molecule has 2 amide bonds. The Hall–Kier alpha value is -3.34. The Morgan fingerprint density at radius 2 is 2.21 bits per heavy atom. The number of nitrogen functional groups attached to an aromatic ring is 1. The van der Waals surface area contributed by atoms with E-state index in [1.165, 1.54) is 0 Å². The second-order valence-electron chi connectivity index (χ2n) is 7.65. The van der Waals surface area contributed by atoms with Gasteiger partial charge in [0.15, 0.2) is 0 Å². The Balaban J connectivity index is 1.66. The zero-order chi connectivity index (χ0) is 20.0. The van der Waals surface area contributed by atoms with Gasteiger partial charge in [0.25, 0.3) is 0 Å². The van der Waals surface area contributed by atoms with Crippen molar-refractivity contribution in [3.8, 4) is 6.07 Å². The van der Waals surface area contributed by atoms with Gasteiger partial charge in [0.05, 0.1) is 29.6 Å². The van der Waals surface area contributed by atoms with Crippen LogP contribution in [0.3, 0.4) is 0 Å². The maximum Gasteiger partial charge on any atom is 0.414 e. The van der Waals surface area contributed by atoms with E-state index in [4.69, 9.17) is 15.7 Å². The minimum absolute atomic E-state index is 0.0665. The molecular formula is C20H21N5O3. The van der Waals surface area contributed by atoms with Gasteiger partial charge in [-0.2, -0.15) is 5.26 Å². The number of ether oxygens (including phenoxy) is 1. The molecule has 1 saturated heterocycles. The van der Waals surface area contributed by atoms with Crippen LogP contribution in [0, 0.1) is 29.1 Å². The van der Waals surface area contributed by atoms with E-state index in [-0.39, 0.29) is 29.7 Å². The number of carbonyl (C=O) groups excluding carboxylic acids is 2. The molecule has 1 aromatic heterocycles. The van der Waals surface area contributed by atoms with Crippen LogP contribution in [0.25, 0.3) is 10.8 Å². The van der Waals surface area contributed by atoms with Crippen molar-refractivity contribution in [1.82, 2.24) is 4.98 Å². The van der Waals surface area contributed by atoms with Crippen molar-refractivity contribution < 1.29 is 14.3 Å². The van der Waals surface area contributed by atoms with Gasteiger partial charge in [0, 0.05) is 17.3 Å². The van der Waals surface area contributed by atoms with E-state index >= 15 is 0 Å². The molecule has 2 aliphatic rings. The van der Waals surface area contributed by atoms with Crippen molar-refractivity contribution >= 4 is 40.0 Å². The van der Waals surface area contributed by atoms with Crippen molar-refractivity contribution in [2.24, 2.45) is 17.8 Å². The molecule has 1 aromatic carbocycles. The van der Waals surface area contributed by atoms with Crippen LogP contribution >= 0.6 is 0 Å². The summed E-state index contributed by atoms with van der Waals surface area (Å²) in [7, 11) is 0. The Kier molecular flexibility index (Phi) is 4.30. The summed E-state index contributed by atoms with van der Waals surface area (Å²) in [6, 6.07) is 7.35. The largest absolute Gasteiger partial charge is 0.447 e. The molecule has 0 radical (unpaired) electrons. The van der Waals surface area contributed by atoms with E-state index < -0.39 is 6.09 Å². The molecule has 8 heteroatoms. The summed E-state index contributed by atoms with van der Waals surface area (Å²) in [6.45, 7) is 4.41. The zero-order valence-corrected chi connectivity index (χ0v) is 15.7. The third-order valence-electron chi connectivity index (χ3n) is 5.35. The molecule has 8 nitrogen and oxygen atoms in total. The van der Waals surface area contributed by atoms with Crippen molar-refractivity contribution in [3.05, 3.63) is 24.4 Å². The van der Waals surface area contributed by atoms with Gasteiger partial charge in [-0.3, -0.25) is 9.69 Å². The van der Waals surface area contributed by atoms with Crippen molar-refractivity contribution in [2.75, 3.05) is 22.6 Å². The van der Waals surface area contributed by atoms with Crippen molar-refractivity contribution in [1.29, 1.82) is 5.26 Å². The van der Waals surface area contributed by atoms with Gasteiger partial charge >= 0.3 is 6.09 Å². The maximum atomic E-state index is 12.3. The molecule has 2 heterocycles. The molecule has 0 unspecified atom stereocenters. The first-order chi connectivity index (χ1) is 13.4. The number of nitriles is 1. The highest BCUT2D eigenvalue weighted by Gasteiger charge is 2.43. The summed E-state index contributed by atoms with van der Waals surface area (Å²) in [5, 5.41) is 13.1. The van der Waals surface area contributed by atoms with Crippen LogP contribution in [-0.2, 0) is 9.53 Å². The lowest BCUT2D eigenvalue weighted by Crippen LogP contribution is -2.37. The van der Waals surface area contributed by atoms with Gasteiger partial charge in [0.2, 0.25) is 5.91 Å². The van der Waals surface area contributed by atoms with E-state index in [1.54, 1.807) is 23.2 Å². The predicted molar refractivity (Wildman–Crippen MR) is 104 cm³/mol. The number of nitrogens with two attached hydrogens (primary N) is 1. The van der Waals surface area contributed by atoms with Crippen LogP contribution < -0.4 is 16.0 Å². The average molecular weight is 379 g/mol. The first-order valence-corrected chi connectivity index (χ1v) is 9.24. The molecular weight excluding hydrogens is 358 g/mol. The third kappa shape index (κ3) is 3.09. The van der Waals surface area contributed by atoms with E-state index in [1.807, 2.05) is 19.9 Å². The highest BCUT2D eigenvalue weighted by atomic mass is 16.6. The summed E-state index contributed by atoms with van der Waals surface area (Å²) < 4.78 is 5.23. The second-order valence-corrected chi connectivity index (χ2v) is 7.65. The fourth-order valence-corrected chi connectivity index (χ4v) is 3.55. The molecule has 144 valence electrons. The summed E-state index contributed by atoms with van der Waals surface area (Å²) >= 11 is 0. The number of pyridine rings is 1. The highest BCUT2D eigenvalue weighted by molar-refractivity contribution is 6.02. The smallest absolute Gasteiger partial charge is 0.414 e. The Bertz CT molecular complexity index is 1010. The SMILES string of the molecule is CC(C)[C@H]1COC(=O)N1c1cc(N)c2cnc(NC(=O)[C@H]3C[C@@H]3C#N)cc2c1. The zero-order valence-electron chi connectivity index (χ0n) is 15.7. The van der Waals surface area contributed by atoms with Crippen LogP contribution in [0.4, 0.5) is 22.0 Å². The van der Waals surface area contributed by atoms with E-state index in [0.717, 1.165) is 10.8 Å². The molecule has 28 heavy (non-hydrogen) atoms. The van der Waals surface area contributed by atoms with E-state index in [9.17, 15) is 9.59 Å². The van der Waals surface area contributed by atoms with Crippen LogP contribution in [0.2, 0.25) is 0 Å². The third-order valence-corrected chi connectivity index (χ3v) is 5.35. The molecule has 0 spiro atoms. The predicted octanol–water partition coefficient (Wildman–Crippen LogP) is 2.90. The lowest BCUT2D eigenvalue weighted by Gasteiger charge is -2.25. The van der Waals surface area contributed by atoms with Crippen molar-refractivity contribution in [3.63, 3.8) is 0 Å². The number of hydrogen-bond donors (Lipinski definition) is 2. The number of hydrogen-bond acceptors (Lipinski definition) is 6. The number of anilines is 3. The molecule has 1 aliphatic heterocycles. The molecule has 2 fully saturated rings. The quantitative estimate of drug-likeness (QED) is 0.788. The second kappa shape index (κ2) is 6.68. The Labute approximate surface area is 162 Å². The number of aromatic nitrogens is 1. The Morgan fingerprint density at radius 1 is 1.43 bits per heavy atom. The summed E-state index contributed by atoms with van der Waals surface area (Å²) in [5.74, 6) is -0.0724. The molecule has 4 rings (SSSR count). The number of cyclic esters (lactones) is 1. The molecule has 3 N–H and O–H groups in total. The van der Waals surface area contributed by atoms with E-state index in [2.05, 4.69) is 16.4 Å². The van der Waals surface area contributed by atoms with Crippen LogP contribution in [0.5, 0.6) is 0 Å². The van der Waals surface area contributed by atoms with Crippen molar-refractivity contribution in [2.45, 2.75) is 26.3 Å². The highest BCUT2D eigenvalue weighted by Crippen LogP contribution is 2.39. The van der Waals surface area contributed by atoms with Crippen LogP contribution in [0.15, 0.2) is 24.4 Å². The molecule has 2 aromatic rings. The number of amides is 2. The maximum absolute atomic E-state index is 12.3. The monoisotopic (exact) mass is 379 g/mol. The number of nitrogens with one attached hydrogen (secondary N) is 1. The lowest BCUT2D eigenvalue weighted by atomic mass is 10.0. The molecule has 0 bridgehead atoms.